The van der Waals surface area contributed by atoms with E-state index in [2.05, 4.69) is 23.3 Å². The fourth-order valence-electron chi connectivity index (χ4n) is 2.84. The van der Waals surface area contributed by atoms with E-state index in [4.69, 9.17) is 9.47 Å². The summed E-state index contributed by atoms with van der Waals surface area (Å²) in [6.45, 7) is 4.38. The van der Waals surface area contributed by atoms with Crippen molar-refractivity contribution in [3.63, 3.8) is 0 Å². The Morgan fingerprint density at radius 3 is 2.60 bits per heavy atom. The van der Waals surface area contributed by atoms with E-state index >= 15 is 0 Å². The zero-order valence-corrected chi connectivity index (χ0v) is 12.8. The van der Waals surface area contributed by atoms with Crippen molar-refractivity contribution in [2.45, 2.75) is 19.4 Å². The summed E-state index contributed by atoms with van der Waals surface area (Å²) in [5.41, 5.74) is 1.21. The molecule has 0 unspecified atom stereocenters. The molecule has 0 bridgehead atoms. The minimum absolute atomic E-state index is 0.811. The highest BCUT2D eigenvalue weighted by Gasteiger charge is 2.16. The Bertz CT molecular complexity index is 417. The number of hydrogen-bond donors (Lipinski definition) is 1. The van der Waals surface area contributed by atoms with Gasteiger partial charge in [-0.25, -0.2) is 0 Å². The van der Waals surface area contributed by atoms with Crippen LogP contribution in [0.15, 0.2) is 18.2 Å². The molecule has 1 aliphatic heterocycles. The highest BCUT2D eigenvalue weighted by atomic mass is 16.5. The van der Waals surface area contributed by atoms with E-state index in [9.17, 15) is 0 Å². The predicted octanol–water partition coefficient (Wildman–Crippen LogP) is 2.14. The third kappa shape index (κ3) is 4.12. The van der Waals surface area contributed by atoms with Crippen LogP contribution in [0.4, 0.5) is 0 Å². The molecule has 20 heavy (non-hydrogen) atoms. The topological polar surface area (TPSA) is 33.7 Å². The van der Waals surface area contributed by atoms with E-state index in [1.807, 2.05) is 12.1 Å². The Kier molecular flexibility index (Phi) is 5.68. The van der Waals surface area contributed by atoms with Crippen LogP contribution in [0.3, 0.4) is 0 Å². The third-order valence-electron chi connectivity index (χ3n) is 3.96. The van der Waals surface area contributed by atoms with Crippen molar-refractivity contribution in [2.75, 3.05) is 40.9 Å². The average Bonchev–Trinajstić information content (AvgIpc) is 2.48. The SMILES string of the molecule is COc1ccc(CN(C)CC2CCNCC2)c(OC)c1. The Hall–Kier alpha value is -1.26. The summed E-state index contributed by atoms with van der Waals surface area (Å²) in [6.07, 6.45) is 2.56. The van der Waals surface area contributed by atoms with Gasteiger partial charge in [-0.15, -0.1) is 0 Å². The predicted molar refractivity (Wildman–Crippen MR) is 81.5 cm³/mol. The molecule has 1 saturated heterocycles. The largest absolute Gasteiger partial charge is 0.497 e. The van der Waals surface area contributed by atoms with Crippen molar-refractivity contribution in [3.8, 4) is 11.5 Å². The minimum atomic E-state index is 0.811. The summed E-state index contributed by atoms with van der Waals surface area (Å²) in [4.78, 5) is 2.39. The molecule has 0 spiro atoms. The van der Waals surface area contributed by atoms with Crippen molar-refractivity contribution in [1.29, 1.82) is 0 Å². The fourth-order valence-corrected chi connectivity index (χ4v) is 2.84. The molecule has 0 atom stereocenters. The molecule has 2 rings (SSSR count). The summed E-state index contributed by atoms with van der Waals surface area (Å²) >= 11 is 0. The number of hydrogen-bond acceptors (Lipinski definition) is 4. The molecule has 0 saturated carbocycles. The monoisotopic (exact) mass is 278 g/mol. The van der Waals surface area contributed by atoms with Crippen LogP contribution in [0.25, 0.3) is 0 Å². The average molecular weight is 278 g/mol. The molecule has 1 fully saturated rings. The summed E-state index contributed by atoms with van der Waals surface area (Å²) in [6, 6.07) is 6.04. The van der Waals surface area contributed by atoms with Crippen LogP contribution in [-0.2, 0) is 6.54 Å². The maximum Gasteiger partial charge on any atom is 0.127 e. The first-order chi connectivity index (χ1) is 9.72. The van der Waals surface area contributed by atoms with Gasteiger partial charge in [0.2, 0.25) is 0 Å². The molecule has 0 aliphatic carbocycles. The normalized spacial score (nSPS) is 16.4. The first-order valence-corrected chi connectivity index (χ1v) is 7.33. The number of benzene rings is 1. The summed E-state index contributed by atoms with van der Waals surface area (Å²) in [5, 5.41) is 3.42. The lowest BCUT2D eigenvalue weighted by Crippen LogP contribution is -2.34. The van der Waals surface area contributed by atoms with Crippen LogP contribution in [0, 0.1) is 5.92 Å². The van der Waals surface area contributed by atoms with Gasteiger partial charge in [0.1, 0.15) is 11.5 Å². The second-order valence-corrected chi connectivity index (χ2v) is 5.57. The van der Waals surface area contributed by atoms with Crippen LogP contribution < -0.4 is 14.8 Å². The quantitative estimate of drug-likeness (QED) is 0.864. The standard InChI is InChI=1S/C16H26N2O2/c1-18(11-13-6-8-17-9-7-13)12-14-4-5-15(19-2)10-16(14)20-3/h4-5,10,13,17H,6-9,11-12H2,1-3H3. The van der Waals surface area contributed by atoms with E-state index in [0.717, 1.165) is 43.6 Å². The smallest absolute Gasteiger partial charge is 0.127 e. The van der Waals surface area contributed by atoms with E-state index in [-0.39, 0.29) is 0 Å². The summed E-state index contributed by atoms with van der Waals surface area (Å²) in [7, 11) is 5.58. The van der Waals surface area contributed by atoms with Gasteiger partial charge in [0, 0.05) is 24.7 Å². The molecule has 4 heteroatoms. The zero-order valence-electron chi connectivity index (χ0n) is 12.8. The minimum Gasteiger partial charge on any atom is -0.497 e. The molecule has 1 aromatic rings. The first-order valence-electron chi connectivity index (χ1n) is 7.33. The summed E-state index contributed by atoms with van der Waals surface area (Å²) in [5.74, 6) is 2.55. The van der Waals surface area contributed by atoms with Crippen molar-refractivity contribution >= 4 is 0 Å². The Labute approximate surface area is 122 Å². The maximum absolute atomic E-state index is 5.46. The van der Waals surface area contributed by atoms with Gasteiger partial charge in [-0.2, -0.15) is 0 Å². The van der Waals surface area contributed by atoms with E-state index in [0.29, 0.717) is 0 Å². The van der Waals surface area contributed by atoms with Gasteiger partial charge in [-0.05, 0) is 45.0 Å². The van der Waals surface area contributed by atoms with Gasteiger partial charge in [-0.3, -0.25) is 0 Å². The summed E-state index contributed by atoms with van der Waals surface area (Å²) < 4.78 is 10.7. The molecule has 1 aliphatic rings. The highest BCUT2D eigenvalue weighted by molar-refractivity contribution is 5.40. The van der Waals surface area contributed by atoms with Gasteiger partial charge in [0.15, 0.2) is 0 Å². The van der Waals surface area contributed by atoms with E-state index in [1.54, 1.807) is 14.2 Å². The van der Waals surface area contributed by atoms with Gasteiger partial charge in [-0.1, -0.05) is 6.07 Å². The van der Waals surface area contributed by atoms with Gasteiger partial charge >= 0.3 is 0 Å². The fraction of sp³-hybridized carbons (Fsp3) is 0.625. The second kappa shape index (κ2) is 7.50. The number of methoxy groups -OCH3 is 2. The lowest BCUT2D eigenvalue weighted by atomic mass is 9.97. The molecule has 1 aromatic carbocycles. The third-order valence-corrected chi connectivity index (χ3v) is 3.96. The number of nitrogens with one attached hydrogen (secondary N) is 1. The molecule has 1 N–H and O–H groups in total. The number of piperidine rings is 1. The lowest BCUT2D eigenvalue weighted by Gasteiger charge is -2.27. The lowest BCUT2D eigenvalue weighted by molar-refractivity contribution is 0.232. The van der Waals surface area contributed by atoms with Crippen LogP contribution in [-0.4, -0.2) is 45.8 Å². The van der Waals surface area contributed by atoms with E-state index in [1.165, 1.54) is 18.4 Å². The molecular weight excluding hydrogens is 252 g/mol. The van der Waals surface area contributed by atoms with Crippen LogP contribution in [0.1, 0.15) is 18.4 Å². The maximum atomic E-state index is 5.46. The highest BCUT2D eigenvalue weighted by Crippen LogP contribution is 2.26. The number of nitrogens with zero attached hydrogens (tertiary/aromatic N) is 1. The first kappa shape index (κ1) is 15.1. The molecule has 0 radical (unpaired) electrons. The van der Waals surface area contributed by atoms with Gasteiger partial charge in [0.25, 0.3) is 0 Å². The van der Waals surface area contributed by atoms with Crippen LogP contribution in [0.5, 0.6) is 11.5 Å². The Morgan fingerprint density at radius 1 is 1.20 bits per heavy atom. The number of ether oxygens (including phenoxy) is 2. The van der Waals surface area contributed by atoms with Gasteiger partial charge in [0.05, 0.1) is 14.2 Å². The Morgan fingerprint density at radius 2 is 1.95 bits per heavy atom. The molecule has 0 amide bonds. The van der Waals surface area contributed by atoms with Gasteiger partial charge < -0.3 is 19.7 Å². The van der Waals surface area contributed by atoms with Crippen molar-refractivity contribution in [2.24, 2.45) is 5.92 Å². The molecule has 112 valence electrons. The van der Waals surface area contributed by atoms with Crippen molar-refractivity contribution in [1.82, 2.24) is 10.2 Å². The molecule has 4 nitrogen and oxygen atoms in total. The van der Waals surface area contributed by atoms with Crippen LogP contribution >= 0.6 is 0 Å². The molecule has 1 heterocycles. The second-order valence-electron chi connectivity index (χ2n) is 5.57. The molecule has 0 aromatic heterocycles. The van der Waals surface area contributed by atoms with Crippen molar-refractivity contribution in [3.05, 3.63) is 23.8 Å². The number of rotatable bonds is 6. The van der Waals surface area contributed by atoms with Crippen LogP contribution in [0.2, 0.25) is 0 Å². The van der Waals surface area contributed by atoms with Crippen molar-refractivity contribution < 1.29 is 9.47 Å². The van der Waals surface area contributed by atoms with E-state index < -0.39 is 0 Å². The molecular formula is C16H26N2O2. The zero-order chi connectivity index (χ0) is 14.4. The Balaban J connectivity index is 1.94.